The molecule has 1 amide bonds. The number of methoxy groups -OCH3 is 1. The first-order chi connectivity index (χ1) is 6.26. The molecule has 0 aromatic carbocycles. The smallest absolute Gasteiger partial charge is 0.249 e. The Morgan fingerprint density at radius 2 is 2.69 bits per heavy atom. The molecule has 1 N–H and O–H groups in total. The summed E-state index contributed by atoms with van der Waals surface area (Å²) >= 11 is 1.36. The summed E-state index contributed by atoms with van der Waals surface area (Å²) in [5.74, 6) is -0.252. The number of rotatable bonds is 4. The van der Waals surface area contributed by atoms with Crippen molar-refractivity contribution in [2.75, 3.05) is 12.4 Å². The van der Waals surface area contributed by atoms with Crippen LogP contribution < -0.4 is 5.32 Å². The van der Waals surface area contributed by atoms with Crippen molar-refractivity contribution in [1.29, 1.82) is 0 Å². The van der Waals surface area contributed by atoms with Gasteiger partial charge in [-0.15, -0.1) is 11.3 Å². The maximum absolute atomic E-state index is 10.9. The monoisotopic (exact) mass is 198 g/mol. The SMILES string of the molecule is C=CC(=O)Nc1nc(COC)cs1. The number of nitrogens with zero attached hydrogens (tertiary/aromatic N) is 1. The average Bonchev–Trinajstić information content (AvgIpc) is 2.53. The third kappa shape index (κ3) is 2.96. The average molecular weight is 198 g/mol. The Balaban J connectivity index is 2.58. The zero-order valence-electron chi connectivity index (χ0n) is 7.24. The first-order valence-electron chi connectivity index (χ1n) is 3.63. The molecular formula is C8H10N2O2S. The van der Waals surface area contributed by atoms with Crippen LogP contribution in [0.5, 0.6) is 0 Å². The van der Waals surface area contributed by atoms with Gasteiger partial charge >= 0.3 is 0 Å². The van der Waals surface area contributed by atoms with Crippen LogP contribution in [0.25, 0.3) is 0 Å². The minimum Gasteiger partial charge on any atom is -0.378 e. The fourth-order valence-electron chi connectivity index (χ4n) is 0.735. The molecule has 0 atom stereocenters. The van der Waals surface area contributed by atoms with Crippen molar-refractivity contribution >= 4 is 22.4 Å². The third-order valence-electron chi connectivity index (χ3n) is 1.26. The van der Waals surface area contributed by atoms with Crippen LogP contribution in [0, 0.1) is 0 Å². The van der Waals surface area contributed by atoms with Crippen molar-refractivity contribution in [2.45, 2.75) is 6.61 Å². The van der Waals surface area contributed by atoms with E-state index < -0.39 is 0 Å². The van der Waals surface area contributed by atoms with Crippen LogP contribution >= 0.6 is 11.3 Å². The summed E-state index contributed by atoms with van der Waals surface area (Å²) in [6.45, 7) is 3.80. The van der Waals surface area contributed by atoms with Crippen LogP contribution in [0.2, 0.25) is 0 Å². The van der Waals surface area contributed by atoms with E-state index in [1.54, 1.807) is 7.11 Å². The molecule has 5 heteroatoms. The van der Waals surface area contributed by atoms with E-state index in [1.807, 2.05) is 5.38 Å². The van der Waals surface area contributed by atoms with Crippen molar-refractivity contribution in [3.8, 4) is 0 Å². The largest absolute Gasteiger partial charge is 0.378 e. The third-order valence-corrected chi connectivity index (χ3v) is 2.07. The molecule has 0 fully saturated rings. The molecule has 0 aliphatic heterocycles. The fourth-order valence-corrected chi connectivity index (χ4v) is 1.43. The number of carbonyl (C=O) groups is 1. The summed E-state index contributed by atoms with van der Waals surface area (Å²) < 4.78 is 4.88. The highest BCUT2D eigenvalue weighted by molar-refractivity contribution is 7.13. The molecule has 0 unspecified atom stereocenters. The van der Waals surface area contributed by atoms with E-state index in [0.29, 0.717) is 11.7 Å². The lowest BCUT2D eigenvalue weighted by Crippen LogP contribution is -2.06. The number of ether oxygens (including phenoxy) is 1. The number of thiazole rings is 1. The fraction of sp³-hybridized carbons (Fsp3) is 0.250. The van der Waals surface area contributed by atoms with E-state index in [9.17, 15) is 4.79 Å². The van der Waals surface area contributed by atoms with Gasteiger partial charge in [0, 0.05) is 12.5 Å². The van der Waals surface area contributed by atoms with E-state index >= 15 is 0 Å². The summed E-state index contributed by atoms with van der Waals surface area (Å²) in [5.41, 5.74) is 0.812. The number of hydrogen-bond acceptors (Lipinski definition) is 4. The maximum Gasteiger partial charge on any atom is 0.249 e. The number of amides is 1. The van der Waals surface area contributed by atoms with Crippen LogP contribution in [0.4, 0.5) is 5.13 Å². The quantitative estimate of drug-likeness (QED) is 0.744. The zero-order valence-corrected chi connectivity index (χ0v) is 8.06. The van der Waals surface area contributed by atoms with Gasteiger partial charge in [0.1, 0.15) is 0 Å². The van der Waals surface area contributed by atoms with Crippen LogP contribution in [-0.4, -0.2) is 18.0 Å². The van der Waals surface area contributed by atoms with E-state index in [4.69, 9.17) is 4.74 Å². The molecule has 0 spiro atoms. The van der Waals surface area contributed by atoms with Gasteiger partial charge < -0.3 is 4.74 Å². The van der Waals surface area contributed by atoms with E-state index in [2.05, 4.69) is 16.9 Å². The topological polar surface area (TPSA) is 51.2 Å². The Morgan fingerprint density at radius 1 is 1.92 bits per heavy atom. The summed E-state index contributed by atoms with van der Waals surface area (Å²) in [7, 11) is 1.60. The Kier molecular flexibility index (Phi) is 3.60. The molecule has 1 rings (SSSR count). The number of carbonyl (C=O) groups excluding carboxylic acids is 1. The van der Waals surface area contributed by atoms with Crippen LogP contribution in [0.15, 0.2) is 18.0 Å². The van der Waals surface area contributed by atoms with Crippen molar-refractivity contribution in [2.24, 2.45) is 0 Å². The standard InChI is InChI=1S/C8H10N2O2S/c1-3-7(11)10-8-9-6(4-12-2)5-13-8/h3,5H,1,4H2,2H3,(H,9,10,11). The highest BCUT2D eigenvalue weighted by Gasteiger charge is 2.02. The first kappa shape index (κ1) is 9.88. The molecule has 70 valence electrons. The van der Waals surface area contributed by atoms with E-state index in [0.717, 1.165) is 5.69 Å². The Hall–Kier alpha value is -1.20. The van der Waals surface area contributed by atoms with E-state index in [-0.39, 0.29) is 5.91 Å². The molecular weight excluding hydrogens is 188 g/mol. The molecule has 4 nitrogen and oxygen atoms in total. The number of aromatic nitrogens is 1. The van der Waals surface area contributed by atoms with Gasteiger partial charge in [-0.2, -0.15) is 0 Å². The molecule has 0 aliphatic rings. The lowest BCUT2D eigenvalue weighted by molar-refractivity contribution is -0.111. The molecule has 0 radical (unpaired) electrons. The van der Waals surface area contributed by atoms with Gasteiger partial charge in [-0.3, -0.25) is 10.1 Å². The van der Waals surface area contributed by atoms with Crippen LogP contribution in [0.1, 0.15) is 5.69 Å². The molecule has 0 aliphatic carbocycles. The lowest BCUT2D eigenvalue weighted by atomic mass is 10.5. The predicted molar refractivity (Wildman–Crippen MR) is 51.7 cm³/mol. The number of anilines is 1. The lowest BCUT2D eigenvalue weighted by Gasteiger charge is -1.94. The minimum absolute atomic E-state index is 0.252. The molecule has 0 bridgehead atoms. The van der Waals surface area contributed by atoms with Crippen molar-refractivity contribution < 1.29 is 9.53 Å². The normalized spacial score (nSPS) is 9.62. The van der Waals surface area contributed by atoms with Gasteiger partial charge in [0.05, 0.1) is 12.3 Å². The van der Waals surface area contributed by atoms with Gasteiger partial charge in [0.25, 0.3) is 0 Å². The second kappa shape index (κ2) is 4.74. The number of hydrogen-bond donors (Lipinski definition) is 1. The van der Waals surface area contributed by atoms with Crippen LogP contribution in [-0.2, 0) is 16.1 Å². The Bertz CT molecular complexity index is 309. The van der Waals surface area contributed by atoms with Crippen molar-refractivity contribution in [1.82, 2.24) is 4.98 Å². The van der Waals surface area contributed by atoms with E-state index in [1.165, 1.54) is 17.4 Å². The first-order valence-corrected chi connectivity index (χ1v) is 4.51. The summed E-state index contributed by atoms with van der Waals surface area (Å²) in [6, 6.07) is 0. The van der Waals surface area contributed by atoms with Gasteiger partial charge in [0.15, 0.2) is 5.13 Å². The maximum atomic E-state index is 10.9. The highest BCUT2D eigenvalue weighted by Crippen LogP contribution is 2.15. The van der Waals surface area contributed by atoms with Gasteiger partial charge in [-0.05, 0) is 6.08 Å². The minimum atomic E-state index is -0.252. The van der Waals surface area contributed by atoms with Crippen LogP contribution in [0.3, 0.4) is 0 Å². The molecule has 1 aromatic heterocycles. The summed E-state index contributed by atoms with van der Waals surface area (Å²) in [4.78, 5) is 15.0. The molecule has 1 heterocycles. The summed E-state index contributed by atoms with van der Waals surface area (Å²) in [5, 5.41) is 4.97. The number of nitrogens with one attached hydrogen (secondary N) is 1. The molecule has 0 saturated carbocycles. The zero-order chi connectivity index (χ0) is 9.68. The van der Waals surface area contributed by atoms with Gasteiger partial charge in [0.2, 0.25) is 5.91 Å². The second-order valence-electron chi connectivity index (χ2n) is 2.27. The highest BCUT2D eigenvalue weighted by atomic mass is 32.1. The van der Waals surface area contributed by atoms with Crippen molar-refractivity contribution in [3.05, 3.63) is 23.7 Å². The molecule has 0 saturated heterocycles. The van der Waals surface area contributed by atoms with Gasteiger partial charge in [-0.1, -0.05) is 6.58 Å². The Morgan fingerprint density at radius 3 is 3.31 bits per heavy atom. The van der Waals surface area contributed by atoms with Crippen molar-refractivity contribution in [3.63, 3.8) is 0 Å². The van der Waals surface area contributed by atoms with Gasteiger partial charge in [-0.25, -0.2) is 4.98 Å². The summed E-state index contributed by atoms with van der Waals surface area (Å²) in [6.07, 6.45) is 1.21. The Labute approximate surface area is 80.3 Å². The molecule has 13 heavy (non-hydrogen) atoms. The second-order valence-corrected chi connectivity index (χ2v) is 3.13. The molecule has 1 aromatic rings. The predicted octanol–water partition coefficient (Wildman–Crippen LogP) is 1.41.